The molecule has 1 aliphatic rings. The number of benzene rings is 1. The molecule has 10 heteroatoms. The maximum absolute atomic E-state index is 12.1. The van der Waals surface area contributed by atoms with Crippen molar-refractivity contribution in [1.82, 2.24) is 15.8 Å². The number of hydrogen-bond acceptors (Lipinski definition) is 7. The molecule has 3 N–H and O–H groups in total. The van der Waals surface area contributed by atoms with E-state index in [9.17, 15) is 14.7 Å². The lowest BCUT2D eigenvalue weighted by molar-refractivity contribution is 0.0844. The number of nitrogens with zero attached hydrogens (tertiary/aromatic N) is 2. The van der Waals surface area contributed by atoms with Gasteiger partial charge in [0.05, 0.1) is 18.2 Å². The Morgan fingerprint density at radius 3 is 2.68 bits per heavy atom. The number of rotatable bonds is 3. The van der Waals surface area contributed by atoms with Gasteiger partial charge in [-0.1, -0.05) is 11.6 Å². The summed E-state index contributed by atoms with van der Waals surface area (Å²) in [6.45, 7) is 2.72. The van der Waals surface area contributed by atoms with Gasteiger partial charge in [0.15, 0.2) is 5.13 Å². The van der Waals surface area contributed by atoms with Gasteiger partial charge in [0.2, 0.25) is 0 Å². The molecule has 2 aromatic rings. The topological polar surface area (TPSA) is 104 Å². The van der Waals surface area contributed by atoms with Crippen LogP contribution in [0.3, 0.4) is 0 Å². The molecule has 2 heterocycles. The molecule has 0 spiro atoms. The highest BCUT2D eigenvalue weighted by molar-refractivity contribution is 7.13. The SMILES string of the molecule is O=C(NNC(=O)c1csc(N2CCOCC2)n1)c1ccc(O)c(Cl)c1. The van der Waals surface area contributed by atoms with E-state index in [4.69, 9.17) is 16.3 Å². The summed E-state index contributed by atoms with van der Waals surface area (Å²) in [4.78, 5) is 30.4. The van der Waals surface area contributed by atoms with Gasteiger partial charge in [-0.15, -0.1) is 11.3 Å². The first-order chi connectivity index (χ1) is 12.0. The lowest BCUT2D eigenvalue weighted by atomic mass is 10.2. The molecule has 1 saturated heterocycles. The van der Waals surface area contributed by atoms with Gasteiger partial charge < -0.3 is 14.7 Å². The van der Waals surface area contributed by atoms with Crippen LogP contribution in [0.5, 0.6) is 5.75 Å². The second-order valence-electron chi connectivity index (χ2n) is 5.19. The Bertz CT molecular complexity index is 792. The van der Waals surface area contributed by atoms with E-state index in [-0.39, 0.29) is 22.0 Å². The average Bonchev–Trinajstić information content (AvgIpc) is 3.12. The molecule has 0 aliphatic carbocycles. The summed E-state index contributed by atoms with van der Waals surface area (Å²) < 4.78 is 5.28. The number of thiazole rings is 1. The van der Waals surface area contributed by atoms with Crippen molar-refractivity contribution in [3.8, 4) is 5.75 Å². The number of phenols is 1. The molecule has 0 unspecified atom stereocenters. The van der Waals surface area contributed by atoms with Crippen LogP contribution in [0.1, 0.15) is 20.8 Å². The van der Waals surface area contributed by atoms with Crippen molar-refractivity contribution in [3.05, 3.63) is 39.9 Å². The molecule has 2 amide bonds. The van der Waals surface area contributed by atoms with Crippen LogP contribution in [-0.4, -0.2) is 48.2 Å². The van der Waals surface area contributed by atoms with Crippen LogP contribution in [-0.2, 0) is 4.74 Å². The van der Waals surface area contributed by atoms with Crippen LogP contribution in [0, 0.1) is 0 Å². The number of anilines is 1. The number of carbonyl (C=O) groups excluding carboxylic acids is 2. The van der Waals surface area contributed by atoms with Gasteiger partial charge in [0.1, 0.15) is 11.4 Å². The number of ether oxygens (including phenoxy) is 1. The second kappa shape index (κ2) is 7.68. The van der Waals surface area contributed by atoms with Crippen molar-refractivity contribution >= 4 is 39.9 Å². The van der Waals surface area contributed by atoms with E-state index < -0.39 is 11.8 Å². The van der Waals surface area contributed by atoms with Gasteiger partial charge in [0, 0.05) is 24.0 Å². The molecular formula is C15H15ClN4O4S. The predicted octanol–water partition coefficient (Wildman–Crippen LogP) is 1.41. The van der Waals surface area contributed by atoms with Crippen molar-refractivity contribution in [3.63, 3.8) is 0 Å². The van der Waals surface area contributed by atoms with E-state index in [0.29, 0.717) is 13.2 Å². The Morgan fingerprint density at radius 2 is 1.96 bits per heavy atom. The van der Waals surface area contributed by atoms with Gasteiger partial charge in [-0.25, -0.2) is 4.98 Å². The highest BCUT2D eigenvalue weighted by atomic mass is 35.5. The van der Waals surface area contributed by atoms with E-state index in [1.807, 2.05) is 4.90 Å². The first kappa shape index (κ1) is 17.5. The number of nitrogens with one attached hydrogen (secondary N) is 2. The molecular weight excluding hydrogens is 368 g/mol. The third kappa shape index (κ3) is 4.19. The standard InChI is InChI=1S/C15H15ClN4O4S/c16-10-7-9(1-2-12(10)21)13(22)18-19-14(23)11-8-25-15(17-11)20-3-5-24-6-4-20/h1-2,7-8,21H,3-6H2,(H,18,22)(H,19,23). The summed E-state index contributed by atoms with van der Waals surface area (Å²) in [7, 11) is 0. The normalized spacial score (nSPS) is 14.2. The average molecular weight is 383 g/mol. The molecule has 1 aliphatic heterocycles. The van der Waals surface area contributed by atoms with Gasteiger partial charge in [-0.2, -0.15) is 0 Å². The van der Waals surface area contributed by atoms with Gasteiger partial charge in [-0.3, -0.25) is 20.4 Å². The summed E-state index contributed by atoms with van der Waals surface area (Å²) >= 11 is 7.11. The highest BCUT2D eigenvalue weighted by Gasteiger charge is 2.18. The minimum Gasteiger partial charge on any atom is -0.506 e. The first-order valence-electron chi connectivity index (χ1n) is 7.42. The minimum atomic E-state index is -0.557. The van der Waals surface area contributed by atoms with Crippen LogP contribution in [0.15, 0.2) is 23.6 Å². The third-order valence-corrected chi connectivity index (χ3v) is 4.71. The van der Waals surface area contributed by atoms with Crippen molar-refractivity contribution in [1.29, 1.82) is 0 Å². The third-order valence-electron chi connectivity index (χ3n) is 3.51. The fourth-order valence-electron chi connectivity index (χ4n) is 2.17. The zero-order chi connectivity index (χ0) is 17.8. The lowest BCUT2D eigenvalue weighted by Gasteiger charge is -2.25. The molecule has 25 heavy (non-hydrogen) atoms. The largest absolute Gasteiger partial charge is 0.506 e. The Hall–Kier alpha value is -2.36. The summed E-state index contributed by atoms with van der Waals surface area (Å²) in [6, 6.07) is 3.99. The van der Waals surface area contributed by atoms with E-state index in [2.05, 4.69) is 15.8 Å². The number of phenolic OH excluding ortho intramolecular Hbond substituents is 1. The van der Waals surface area contributed by atoms with Gasteiger partial charge >= 0.3 is 0 Å². The van der Waals surface area contributed by atoms with Crippen molar-refractivity contribution in [2.24, 2.45) is 0 Å². The molecule has 0 atom stereocenters. The zero-order valence-electron chi connectivity index (χ0n) is 13.0. The van der Waals surface area contributed by atoms with Crippen LogP contribution in [0.25, 0.3) is 0 Å². The summed E-state index contributed by atoms with van der Waals surface area (Å²) in [5, 5.41) is 11.8. The van der Waals surface area contributed by atoms with Crippen LogP contribution >= 0.6 is 22.9 Å². The molecule has 1 aromatic carbocycles. The van der Waals surface area contributed by atoms with Crippen molar-refractivity contribution in [2.75, 3.05) is 31.2 Å². The van der Waals surface area contributed by atoms with Crippen molar-refractivity contribution in [2.45, 2.75) is 0 Å². The summed E-state index contributed by atoms with van der Waals surface area (Å²) in [6.07, 6.45) is 0. The van der Waals surface area contributed by atoms with Gasteiger partial charge in [-0.05, 0) is 18.2 Å². The molecule has 0 saturated carbocycles. The first-order valence-corrected chi connectivity index (χ1v) is 8.68. The number of amides is 2. The summed E-state index contributed by atoms with van der Waals surface area (Å²) in [5.74, 6) is -1.20. The highest BCUT2D eigenvalue weighted by Crippen LogP contribution is 2.23. The number of aromatic hydroxyl groups is 1. The quantitative estimate of drug-likeness (QED) is 0.693. The Morgan fingerprint density at radius 1 is 1.24 bits per heavy atom. The number of halogens is 1. The number of morpholine rings is 1. The van der Waals surface area contributed by atoms with E-state index in [1.165, 1.54) is 29.5 Å². The van der Waals surface area contributed by atoms with Crippen molar-refractivity contribution < 1.29 is 19.4 Å². The zero-order valence-corrected chi connectivity index (χ0v) is 14.6. The number of hydrogen-bond donors (Lipinski definition) is 3. The fourth-order valence-corrected chi connectivity index (χ4v) is 3.21. The maximum atomic E-state index is 12.1. The molecule has 3 rings (SSSR count). The number of carbonyl (C=O) groups is 2. The fraction of sp³-hybridized carbons (Fsp3) is 0.267. The monoisotopic (exact) mass is 382 g/mol. The van der Waals surface area contributed by atoms with Crippen LogP contribution < -0.4 is 15.8 Å². The number of hydrazine groups is 1. The molecule has 1 fully saturated rings. The Balaban J connectivity index is 1.57. The molecule has 0 radical (unpaired) electrons. The van der Waals surface area contributed by atoms with Gasteiger partial charge in [0.25, 0.3) is 11.8 Å². The molecule has 0 bridgehead atoms. The van der Waals surface area contributed by atoms with E-state index in [0.717, 1.165) is 18.2 Å². The van der Waals surface area contributed by atoms with Crippen LogP contribution in [0.2, 0.25) is 5.02 Å². The van der Waals surface area contributed by atoms with E-state index in [1.54, 1.807) is 5.38 Å². The Kier molecular flexibility index (Phi) is 5.37. The lowest BCUT2D eigenvalue weighted by Crippen LogP contribution is -2.41. The van der Waals surface area contributed by atoms with E-state index >= 15 is 0 Å². The summed E-state index contributed by atoms with van der Waals surface area (Å²) in [5.41, 5.74) is 5.01. The maximum Gasteiger partial charge on any atom is 0.289 e. The predicted molar refractivity (Wildman–Crippen MR) is 93.2 cm³/mol. The smallest absolute Gasteiger partial charge is 0.289 e. The molecule has 1 aromatic heterocycles. The number of aromatic nitrogens is 1. The Labute approximate surface area is 152 Å². The molecule has 8 nitrogen and oxygen atoms in total. The van der Waals surface area contributed by atoms with Crippen LogP contribution in [0.4, 0.5) is 5.13 Å². The minimum absolute atomic E-state index is 0.0497. The molecule has 132 valence electrons. The second-order valence-corrected chi connectivity index (χ2v) is 6.43.